The maximum Gasteiger partial charge on any atom is 0.302 e. The van der Waals surface area contributed by atoms with E-state index >= 15 is 0 Å². The van der Waals surface area contributed by atoms with E-state index in [0.717, 1.165) is 43.9 Å². The van der Waals surface area contributed by atoms with Gasteiger partial charge in [-0.25, -0.2) is 0 Å². The Morgan fingerprint density at radius 2 is 1.93 bits per heavy atom. The summed E-state index contributed by atoms with van der Waals surface area (Å²) in [4.78, 5) is 11.3. The van der Waals surface area contributed by atoms with Crippen LogP contribution in [0.25, 0.3) is 0 Å². The Morgan fingerprint density at radius 3 is 2.71 bits per heavy atom. The Kier molecular flexibility index (Phi) is 4.43. The fraction of sp³-hybridized carbons (Fsp3) is 0.957. The Balaban J connectivity index is 1.39. The van der Waals surface area contributed by atoms with E-state index < -0.39 is 5.79 Å². The summed E-state index contributed by atoms with van der Waals surface area (Å²) < 4.78 is 11.2. The van der Waals surface area contributed by atoms with Gasteiger partial charge in [-0.3, -0.25) is 4.79 Å². The lowest BCUT2D eigenvalue weighted by Crippen LogP contribution is -2.55. The predicted molar refractivity (Wildman–Crippen MR) is 103 cm³/mol. The van der Waals surface area contributed by atoms with Crippen molar-refractivity contribution in [1.29, 1.82) is 0 Å². The van der Waals surface area contributed by atoms with Gasteiger partial charge in [-0.2, -0.15) is 0 Å². The summed E-state index contributed by atoms with van der Waals surface area (Å²) in [5.41, 5.74) is 0.433. The highest BCUT2D eigenvalue weighted by Gasteiger charge is 2.68. The van der Waals surface area contributed by atoms with Crippen LogP contribution in [-0.4, -0.2) is 41.3 Å². The van der Waals surface area contributed by atoms with Crippen LogP contribution in [0.15, 0.2) is 0 Å². The zero-order chi connectivity index (χ0) is 19.7. The number of carbonyl (C=O) groups is 1. The van der Waals surface area contributed by atoms with Crippen molar-refractivity contribution in [3.05, 3.63) is 0 Å². The van der Waals surface area contributed by atoms with Crippen LogP contribution in [0.3, 0.4) is 0 Å². The van der Waals surface area contributed by atoms with Crippen LogP contribution in [-0.2, 0) is 14.3 Å². The predicted octanol–water partition coefficient (Wildman–Crippen LogP) is 3.27. The molecule has 2 N–H and O–H groups in total. The van der Waals surface area contributed by atoms with Gasteiger partial charge in [-0.15, -0.1) is 0 Å². The molecule has 0 aromatic carbocycles. The summed E-state index contributed by atoms with van der Waals surface area (Å²) in [6.07, 6.45) is 10.00. The fourth-order valence-corrected chi connectivity index (χ4v) is 8.71. The first-order chi connectivity index (χ1) is 13.3. The number of ether oxygens (including phenoxy) is 2. The van der Waals surface area contributed by atoms with Crippen molar-refractivity contribution in [1.82, 2.24) is 0 Å². The summed E-state index contributed by atoms with van der Waals surface area (Å²) in [5.74, 6) is 1.18. The summed E-state index contributed by atoms with van der Waals surface area (Å²) in [7, 11) is 0. The molecular formula is C23H36O5. The molecule has 1 saturated heterocycles. The van der Waals surface area contributed by atoms with Crippen molar-refractivity contribution in [2.45, 2.75) is 83.5 Å². The number of hydrogen-bond donors (Lipinski definition) is 2. The average Bonchev–Trinajstić information content (AvgIpc) is 3.17. The lowest BCUT2D eigenvalue weighted by Gasteiger charge is -2.60. The number of hydrogen-bond acceptors (Lipinski definition) is 5. The van der Waals surface area contributed by atoms with Crippen molar-refractivity contribution in [3.63, 3.8) is 0 Å². The molecule has 0 aromatic rings. The highest BCUT2D eigenvalue weighted by atomic mass is 16.7. The van der Waals surface area contributed by atoms with Crippen LogP contribution in [0.1, 0.15) is 71.6 Å². The Bertz CT molecular complexity index is 651. The molecule has 5 aliphatic rings. The van der Waals surface area contributed by atoms with Crippen molar-refractivity contribution in [2.75, 3.05) is 13.2 Å². The SMILES string of the molecule is CC(=O)OCC1(O)OCC23CC[C@H]4[C@@H](CC[C@H]5CC(O)CCC54C)[C@@H]2CCC13. The molecule has 5 rings (SSSR count). The topological polar surface area (TPSA) is 76.0 Å². The van der Waals surface area contributed by atoms with Gasteiger partial charge in [0.15, 0.2) is 0 Å². The van der Waals surface area contributed by atoms with E-state index in [2.05, 4.69) is 6.92 Å². The molecule has 1 heterocycles. The van der Waals surface area contributed by atoms with Crippen LogP contribution in [0, 0.1) is 40.4 Å². The molecule has 0 amide bonds. The third kappa shape index (κ3) is 2.58. The minimum atomic E-state index is -1.30. The number of rotatable bonds is 2. The van der Waals surface area contributed by atoms with Gasteiger partial charge in [-0.05, 0) is 86.9 Å². The van der Waals surface area contributed by atoms with Gasteiger partial charge in [0, 0.05) is 18.3 Å². The summed E-state index contributed by atoms with van der Waals surface area (Å²) in [6.45, 7) is 4.47. The normalized spacial score (nSPS) is 55.0. The third-order valence-electron chi connectivity index (χ3n) is 9.97. The van der Waals surface area contributed by atoms with E-state index in [1.807, 2.05) is 0 Å². The van der Waals surface area contributed by atoms with E-state index in [1.165, 1.54) is 32.6 Å². The second kappa shape index (κ2) is 6.42. The standard InChI is InChI=1S/C23H36O5/c1-14(24)27-13-23(26)20-6-5-19-17-4-3-15-11-16(25)7-9-21(15,2)18(17)8-10-22(19,20)12-28-23/h15-20,25-26H,3-13H2,1-2H3/t15-,16?,17+,18-,19-,20?,21?,22?,23?/m0/s1. The van der Waals surface area contributed by atoms with Crippen LogP contribution >= 0.6 is 0 Å². The minimum absolute atomic E-state index is 0.0345. The molecule has 28 heavy (non-hydrogen) atoms. The molecule has 1 spiro atoms. The van der Waals surface area contributed by atoms with Crippen molar-refractivity contribution >= 4 is 5.97 Å². The molecule has 5 nitrogen and oxygen atoms in total. The highest BCUT2D eigenvalue weighted by molar-refractivity contribution is 5.65. The number of aliphatic hydroxyl groups is 2. The van der Waals surface area contributed by atoms with Crippen LogP contribution in [0.2, 0.25) is 0 Å². The Morgan fingerprint density at radius 1 is 1.11 bits per heavy atom. The smallest absolute Gasteiger partial charge is 0.302 e. The number of esters is 1. The molecular weight excluding hydrogens is 356 g/mol. The van der Waals surface area contributed by atoms with Crippen LogP contribution in [0.5, 0.6) is 0 Å². The molecule has 4 saturated carbocycles. The van der Waals surface area contributed by atoms with E-state index in [4.69, 9.17) is 9.47 Å². The van der Waals surface area contributed by atoms with Gasteiger partial charge in [0.25, 0.3) is 0 Å². The third-order valence-corrected chi connectivity index (χ3v) is 9.97. The van der Waals surface area contributed by atoms with E-state index in [0.29, 0.717) is 23.9 Å². The van der Waals surface area contributed by atoms with Crippen molar-refractivity contribution in [2.24, 2.45) is 40.4 Å². The van der Waals surface area contributed by atoms with Gasteiger partial charge in [-0.1, -0.05) is 6.92 Å². The molecule has 4 aliphatic carbocycles. The lowest BCUT2D eigenvalue weighted by molar-refractivity contribution is -0.225. The quantitative estimate of drug-likeness (QED) is 0.706. The van der Waals surface area contributed by atoms with Crippen LogP contribution < -0.4 is 0 Å². The van der Waals surface area contributed by atoms with Gasteiger partial charge in [0.2, 0.25) is 5.79 Å². The molecule has 1 aliphatic heterocycles. The maximum absolute atomic E-state index is 11.3. The summed E-state index contributed by atoms with van der Waals surface area (Å²) in [6, 6.07) is 0. The second-order valence-corrected chi connectivity index (χ2v) is 10.9. The molecule has 158 valence electrons. The van der Waals surface area contributed by atoms with Crippen molar-refractivity contribution in [3.8, 4) is 0 Å². The number of aliphatic hydroxyl groups excluding tert-OH is 1. The molecule has 0 bridgehead atoms. The molecule has 5 fully saturated rings. The molecule has 5 heteroatoms. The first-order valence-electron chi connectivity index (χ1n) is 11.5. The Hall–Kier alpha value is -0.650. The largest absolute Gasteiger partial charge is 0.460 e. The first-order valence-corrected chi connectivity index (χ1v) is 11.5. The molecule has 5 unspecified atom stereocenters. The van der Waals surface area contributed by atoms with E-state index in [-0.39, 0.29) is 30.0 Å². The molecule has 9 atom stereocenters. The Labute approximate surface area is 168 Å². The molecule has 0 radical (unpaired) electrons. The first kappa shape index (κ1) is 19.3. The minimum Gasteiger partial charge on any atom is -0.460 e. The fourth-order valence-electron chi connectivity index (χ4n) is 8.71. The van der Waals surface area contributed by atoms with Crippen molar-refractivity contribution < 1.29 is 24.5 Å². The van der Waals surface area contributed by atoms with Crippen LogP contribution in [0.4, 0.5) is 0 Å². The van der Waals surface area contributed by atoms with E-state index in [9.17, 15) is 15.0 Å². The van der Waals surface area contributed by atoms with Gasteiger partial charge in [0.05, 0.1) is 12.7 Å². The van der Waals surface area contributed by atoms with E-state index in [1.54, 1.807) is 0 Å². The molecule has 0 aromatic heterocycles. The number of carbonyl (C=O) groups excluding carboxylic acids is 1. The second-order valence-electron chi connectivity index (χ2n) is 10.9. The zero-order valence-corrected chi connectivity index (χ0v) is 17.4. The highest BCUT2D eigenvalue weighted by Crippen LogP contribution is 2.70. The maximum atomic E-state index is 11.3. The van der Waals surface area contributed by atoms with Gasteiger partial charge in [0.1, 0.15) is 6.61 Å². The summed E-state index contributed by atoms with van der Waals surface area (Å²) in [5, 5.41) is 21.4. The number of fused-ring (bicyclic) bond motifs is 4. The average molecular weight is 393 g/mol. The zero-order valence-electron chi connectivity index (χ0n) is 17.4. The monoisotopic (exact) mass is 392 g/mol. The lowest BCUT2D eigenvalue weighted by atomic mass is 9.44. The summed E-state index contributed by atoms with van der Waals surface area (Å²) >= 11 is 0. The van der Waals surface area contributed by atoms with Gasteiger partial charge >= 0.3 is 5.97 Å². The van der Waals surface area contributed by atoms with Gasteiger partial charge < -0.3 is 19.7 Å².